The Labute approximate surface area is 126 Å². The first-order valence-corrected chi connectivity index (χ1v) is 7.47. The summed E-state index contributed by atoms with van der Waals surface area (Å²) >= 11 is 3.52. The van der Waals surface area contributed by atoms with Crippen LogP contribution >= 0.6 is 15.9 Å². The Morgan fingerprint density at radius 3 is 2.85 bits per heavy atom. The second kappa shape index (κ2) is 5.85. The number of aliphatic hydroxyl groups is 1. The van der Waals surface area contributed by atoms with Crippen molar-refractivity contribution in [2.45, 2.75) is 13.0 Å². The van der Waals surface area contributed by atoms with Gasteiger partial charge in [-0.15, -0.1) is 0 Å². The van der Waals surface area contributed by atoms with E-state index in [0.29, 0.717) is 0 Å². The quantitative estimate of drug-likeness (QED) is 0.905. The van der Waals surface area contributed by atoms with Crippen LogP contribution in [0.5, 0.6) is 5.75 Å². The van der Waals surface area contributed by atoms with Gasteiger partial charge in [0.1, 0.15) is 5.75 Å². The average Bonchev–Trinajstić information content (AvgIpc) is 2.69. The lowest BCUT2D eigenvalue weighted by atomic mass is 10.1. The molecule has 3 nitrogen and oxygen atoms in total. The molecular weight excluding hydrogens is 318 g/mol. The van der Waals surface area contributed by atoms with Crippen molar-refractivity contribution in [3.05, 3.63) is 52.5 Å². The van der Waals surface area contributed by atoms with Gasteiger partial charge in [0.15, 0.2) is 0 Å². The molecule has 0 unspecified atom stereocenters. The molecule has 1 aliphatic heterocycles. The van der Waals surface area contributed by atoms with E-state index in [1.165, 1.54) is 0 Å². The van der Waals surface area contributed by atoms with Crippen LogP contribution in [-0.2, 0) is 6.61 Å². The van der Waals surface area contributed by atoms with E-state index in [1.54, 1.807) is 0 Å². The summed E-state index contributed by atoms with van der Waals surface area (Å²) < 4.78 is 6.71. The second-order valence-electron chi connectivity index (χ2n) is 4.76. The molecule has 0 saturated carbocycles. The zero-order valence-electron chi connectivity index (χ0n) is 11.1. The number of halogens is 1. The van der Waals surface area contributed by atoms with Gasteiger partial charge < -0.3 is 14.7 Å². The Bertz CT molecular complexity index is 615. The fourth-order valence-corrected chi connectivity index (χ4v) is 2.92. The lowest BCUT2D eigenvalue weighted by Gasteiger charge is -2.24. The fourth-order valence-electron chi connectivity index (χ4n) is 2.43. The Hall–Kier alpha value is -1.52. The van der Waals surface area contributed by atoms with Gasteiger partial charge in [0.25, 0.3) is 0 Å². The Morgan fingerprint density at radius 2 is 2.05 bits per heavy atom. The van der Waals surface area contributed by atoms with Crippen LogP contribution in [0.2, 0.25) is 0 Å². The lowest BCUT2D eigenvalue weighted by Crippen LogP contribution is -2.17. The van der Waals surface area contributed by atoms with Gasteiger partial charge in [-0.25, -0.2) is 0 Å². The first-order valence-electron chi connectivity index (χ1n) is 6.68. The zero-order chi connectivity index (χ0) is 13.9. The van der Waals surface area contributed by atoms with Crippen LogP contribution in [-0.4, -0.2) is 18.3 Å². The van der Waals surface area contributed by atoms with E-state index in [2.05, 4.69) is 26.9 Å². The summed E-state index contributed by atoms with van der Waals surface area (Å²) in [6.45, 7) is 1.70. The summed E-state index contributed by atoms with van der Waals surface area (Å²) in [6.07, 6.45) is 0.980. The number of ether oxygens (including phenoxy) is 1. The molecule has 1 N–H and O–H groups in total. The van der Waals surface area contributed by atoms with Crippen molar-refractivity contribution in [1.82, 2.24) is 0 Å². The molecule has 3 rings (SSSR count). The van der Waals surface area contributed by atoms with Crippen molar-refractivity contribution >= 4 is 27.3 Å². The third kappa shape index (κ3) is 2.53. The Balaban J connectivity index is 2.03. The number of hydrogen-bond acceptors (Lipinski definition) is 3. The summed E-state index contributed by atoms with van der Waals surface area (Å²) in [5, 5.41) is 9.26. The third-order valence-corrected chi connectivity index (χ3v) is 4.20. The topological polar surface area (TPSA) is 32.7 Å². The number of hydrogen-bond donors (Lipinski definition) is 1. The van der Waals surface area contributed by atoms with Crippen molar-refractivity contribution in [3.8, 4) is 5.75 Å². The molecule has 1 aliphatic rings. The van der Waals surface area contributed by atoms with E-state index < -0.39 is 0 Å². The zero-order valence-corrected chi connectivity index (χ0v) is 12.6. The minimum atomic E-state index is 0.0422. The predicted octanol–water partition coefficient (Wildman–Crippen LogP) is 3.86. The van der Waals surface area contributed by atoms with Gasteiger partial charge in [0, 0.05) is 16.7 Å². The van der Waals surface area contributed by atoms with E-state index in [4.69, 9.17) is 4.74 Å². The van der Waals surface area contributed by atoms with E-state index in [0.717, 1.165) is 46.7 Å². The van der Waals surface area contributed by atoms with Crippen molar-refractivity contribution in [2.75, 3.05) is 18.1 Å². The molecule has 2 aromatic carbocycles. The van der Waals surface area contributed by atoms with Crippen LogP contribution in [0, 0.1) is 0 Å². The largest absolute Gasteiger partial charge is 0.491 e. The number of nitrogens with zero attached hydrogens (tertiary/aromatic N) is 1. The summed E-state index contributed by atoms with van der Waals surface area (Å²) in [4.78, 5) is 2.26. The maximum atomic E-state index is 9.26. The van der Waals surface area contributed by atoms with E-state index in [1.807, 2.05) is 36.4 Å². The molecule has 1 heterocycles. The lowest BCUT2D eigenvalue weighted by molar-refractivity contribution is 0.281. The van der Waals surface area contributed by atoms with E-state index in [9.17, 15) is 5.11 Å². The van der Waals surface area contributed by atoms with Crippen molar-refractivity contribution < 1.29 is 9.84 Å². The minimum absolute atomic E-state index is 0.0422. The second-order valence-corrected chi connectivity index (χ2v) is 5.61. The monoisotopic (exact) mass is 333 g/mol. The summed E-state index contributed by atoms with van der Waals surface area (Å²) in [5.74, 6) is 0.923. The molecule has 0 spiro atoms. The molecule has 0 saturated heterocycles. The summed E-state index contributed by atoms with van der Waals surface area (Å²) in [6, 6.07) is 14.1. The summed E-state index contributed by atoms with van der Waals surface area (Å²) in [7, 11) is 0. The molecule has 4 heteroatoms. The van der Waals surface area contributed by atoms with Gasteiger partial charge in [-0.05, 0) is 36.2 Å². The predicted molar refractivity (Wildman–Crippen MR) is 83.6 cm³/mol. The molecule has 0 atom stereocenters. The number of aliphatic hydroxyl groups excluding tert-OH is 1. The number of fused-ring (bicyclic) bond motifs is 1. The standard InChI is InChI=1S/C16H16BrNO2/c17-14-10-13(7-6-12(14)11-19)18-8-3-9-20-16-5-2-1-4-15(16)18/h1-2,4-7,10,19H,3,8-9,11H2. The number of benzene rings is 2. The number of anilines is 2. The molecule has 20 heavy (non-hydrogen) atoms. The molecule has 0 bridgehead atoms. The highest BCUT2D eigenvalue weighted by Gasteiger charge is 2.17. The molecule has 0 aromatic heterocycles. The minimum Gasteiger partial charge on any atom is -0.491 e. The van der Waals surface area contributed by atoms with Crippen molar-refractivity contribution in [2.24, 2.45) is 0 Å². The maximum Gasteiger partial charge on any atom is 0.142 e. The highest BCUT2D eigenvalue weighted by molar-refractivity contribution is 9.10. The Kier molecular flexibility index (Phi) is 3.94. The molecule has 104 valence electrons. The van der Waals surface area contributed by atoms with Crippen LogP contribution < -0.4 is 9.64 Å². The van der Waals surface area contributed by atoms with E-state index in [-0.39, 0.29) is 6.61 Å². The first-order chi connectivity index (χ1) is 9.79. The average molecular weight is 334 g/mol. The normalized spacial score (nSPS) is 14.4. The van der Waals surface area contributed by atoms with Gasteiger partial charge in [0.2, 0.25) is 0 Å². The van der Waals surface area contributed by atoms with Crippen LogP contribution in [0.15, 0.2) is 46.9 Å². The molecule has 2 aromatic rings. The van der Waals surface area contributed by atoms with Crippen LogP contribution in [0.25, 0.3) is 0 Å². The maximum absolute atomic E-state index is 9.26. The highest BCUT2D eigenvalue weighted by atomic mass is 79.9. The first kappa shape index (κ1) is 13.5. The van der Waals surface area contributed by atoms with Gasteiger partial charge in [-0.1, -0.05) is 34.1 Å². The molecule has 0 aliphatic carbocycles. The fraction of sp³-hybridized carbons (Fsp3) is 0.250. The van der Waals surface area contributed by atoms with Crippen LogP contribution in [0.1, 0.15) is 12.0 Å². The van der Waals surface area contributed by atoms with Crippen molar-refractivity contribution in [3.63, 3.8) is 0 Å². The Morgan fingerprint density at radius 1 is 1.20 bits per heavy atom. The van der Waals surface area contributed by atoms with Gasteiger partial charge in [-0.2, -0.15) is 0 Å². The smallest absolute Gasteiger partial charge is 0.142 e. The highest BCUT2D eigenvalue weighted by Crippen LogP contribution is 2.37. The molecule has 0 amide bonds. The number of rotatable bonds is 2. The summed E-state index contributed by atoms with van der Waals surface area (Å²) in [5.41, 5.74) is 3.09. The third-order valence-electron chi connectivity index (χ3n) is 3.46. The van der Waals surface area contributed by atoms with Crippen LogP contribution in [0.3, 0.4) is 0 Å². The SMILES string of the molecule is OCc1ccc(N2CCCOc3ccccc32)cc1Br. The molecular formula is C16H16BrNO2. The number of para-hydroxylation sites is 2. The molecule has 0 fully saturated rings. The van der Waals surface area contributed by atoms with Crippen LogP contribution in [0.4, 0.5) is 11.4 Å². The van der Waals surface area contributed by atoms with Crippen molar-refractivity contribution in [1.29, 1.82) is 0 Å². The molecule has 0 radical (unpaired) electrons. The van der Waals surface area contributed by atoms with E-state index >= 15 is 0 Å². The van der Waals surface area contributed by atoms with Gasteiger partial charge in [0.05, 0.1) is 18.9 Å². The van der Waals surface area contributed by atoms with Gasteiger partial charge >= 0.3 is 0 Å². The van der Waals surface area contributed by atoms with Gasteiger partial charge in [-0.3, -0.25) is 0 Å².